The smallest absolute Gasteiger partial charge is 0.253 e. The molecule has 6 heteroatoms. The first-order chi connectivity index (χ1) is 15.0. The molecule has 4 rings (SSSR count). The number of hydrogen-bond donors (Lipinski definition) is 1. The summed E-state index contributed by atoms with van der Waals surface area (Å²) in [5, 5.41) is 0. The van der Waals surface area contributed by atoms with Gasteiger partial charge in [0.05, 0.1) is 5.41 Å². The fraction of sp³-hybridized carbons (Fsp3) is 0.240. The summed E-state index contributed by atoms with van der Waals surface area (Å²) in [6.07, 6.45) is 5.21. The highest BCUT2D eigenvalue weighted by Gasteiger charge is 2.42. The molecule has 1 atom stereocenters. The van der Waals surface area contributed by atoms with Gasteiger partial charge in [0.15, 0.2) is 0 Å². The SMILES string of the molecule is NC(=O)[C@@]1(Cc2cccc(-c3cccnc3)c2)CCCN(C(=O)c2cccc(F)c2)C1. The molecule has 2 amide bonds. The molecule has 0 bridgehead atoms. The van der Waals surface area contributed by atoms with Gasteiger partial charge in [-0.15, -0.1) is 0 Å². The molecule has 1 aromatic heterocycles. The highest BCUT2D eigenvalue weighted by atomic mass is 19.1. The second-order valence-corrected chi connectivity index (χ2v) is 8.10. The first-order valence-electron chi connectivity index (χ1n) is 10.3. The molecule has 0 radical (unpaired) electrons. The number of primary amides is 1. The molecular weight excluding hydrogens is 393 g/mol. The van der Waals surface area contributed by atoms with Crippen LogP contribution in [-0.4, -0.2) is 34.8 Å². The average molecular weight is 417 g/mol. The van der Waals surface area contributed by atoms with Gasteiger partial charge in [-0.25, -0.2) is 4.39 Å². The van der Waals surface area contributed by atoms with Crippen LogP contribution >= 0.6 is 0 Å². The fourth-order valence-electron chi connectivity index (χ4n) is 4.33. The standard InChI is InChI=1S/C25H24FN3O2/c26-22-9-2-7-20(14-22)23(30)29-12-4-10-25(17-29,24(27)31)15-18-5-1-6-19(13-18)21-8-3-11-28-16-21/h1-3,5-9,11,13-14,16H,4,10,12,15,17H2,(H2,27,31)/t25-/m1/s1. The Morgan fingerprint density at radius 1 is 1.06 bits per heavy atom. The molecule has 31 heavy (non-hydrogen) atoms. The van der Waals surface area contributed by atoms with Crippen LogP contribution in [0.25, 0.3) is 11.1 Å². The lowest BCUT2D eigenvalue weighted by Crippen LogP contribution is -2.53. The lowest BCUT2D eigenvalue weighted by atomic mass is 9.74. The third kappa shape index (κ3) is 4.48. The summed E-state index contributed by atoms with van der Waals surface area (Å²) in [6.45, 7) is 0.731. The maximum absolute atomic E-state index is 13.6. The summed E-state index contributed by atoms with van der Waals surface area (Å²) < 4.78 is 13.6. The Morgan fingerprint density at radius 3 is 2.61 bits per heavy atom. The van der Waals surface area contributed by atoms with Crippen LogP contribution in [0.2, 0.25) is 0 Å². The Kier molecular flexibility index (Phi) is 5.80. The molecule has 1 fully saturated rings. The minimum Gasteiger partial charge on any atom is -0.369 e. The van der Waals surface area contributed by atoms with Crippen LogP contribution < -0.4 is 5.73 Å². The number of carbonyl (C=O) groups excluding carboxylic acids is 2. The van der Waals surface area contributed by atoms with Gasteiger partial charge in [0.25, 0.3) is 5.91 Å². The van der Waals surface area contributed by atoms with E-state index in [1.54, 1.807) is 23.4 Å². The van der Waals surface area contributed by atoms with Crippen LogP contribution in [0.3, 0.4) is 0 Å². The van der Waals surface area contributed by atoms with Gasteiger partial charge >= 0.3 is 0 Å². The Hall–Kier alpha value is -3.54. The number of rotatable bonds is 5. The summed E-state index contributed by atoms with van der Waals surface area (Å²) in [5.41, 5.74) is 8.26. The number of nitrogens with two attached hydrogens (primary N) is 1. The van der Waals surface area contributed by atoms with Crippen molar-refractivity contribution < 1.29 is 14.0 Å². The van der Waals surface area contributed by atoms with Gasteiger partial charge in [-0.2, -0.15) is 0 Å². The van der Waals surface area contributed by atoms with Crippen LogP contribution in [0.1, 0.15) is 28.8 Å². The van der Waals surface area contributed by atoms with Gasteiger partial charge in [-0.1, -0.05) is 36.4 Å². The van der Waals surface area contributed by atoms with E-state index in [1.807, 2.05) is 36.4 Å². The molecule has 1 aliphatic rings. The number of carbonyl (C=O) groups is 2. The second-order valence-electron chi connectivity index (χ2n) is 8.10. The molecule has 5 nitrogen and oxygen atoms in total. The quantitative estimate of drug-likeness (QED) is 0.685. The first-order valence-corrected chi connectivity index (χ1v) is 10.3. The van der Waals surface area contributed by atoms with Crippen LogP contribution in [0.4, 0.5) is 4.39 Å². The zero-order valence-electron chi connectivity index (χ0n) is 17.1. The Balaban J connectivity index is 1.59. The van der Waals surface area contributed by atoms with E-state index in [1.165, 1.54) is 18.2 Å². The Labute approximate surface area is 180 Å². The number of benzene rings is 2. The van der Waals surface area contributed by atoms with Crippen molar-refractivity contribution in [2.75, 3.05) is 13.1 Å². The van der Waals surface area contributed by atoms with Gasteiger partial charge in [0.2, 0.25) is 5.91 Å². The molecule has 3 aromatic rings. The molecule has 0 spiro atoms. The van der Waals surface area contributed by atoms with E-state index in [0.717, 1.165) is 16.7 Å². The van der Waals surface area contributed by atoms with Crippen LogP contribution in [0.5, 0.6) is 0 Å². The van der Waals surface area contributed by atoms with Gasteiger partial charge in [0, 0.05) is 31.0 Å². The Bertz CT molecular complexity index is 1100. The Morgan fingerprint density at radius 2 is 1.87 bits per heavy atom. The van der Waals surface area contributed by atoms with Crippen molar-refractivity contribution in [2.24, 2.45) is 11.1 Å². The molecule has 0 unspecified atom stereocenters. The maximum Gasteiger partial charge on any atom is 0.253 e. The number of nitrogens with zero attached hydrogens (tertiary/aromatic N) is 2. The van der Waals surface area contributed by atoms with Gasteiger partial charge in [-0.3, -0.25) is 14.6 Å². The predicted molar refractivity (Wildman–Crippen MR) is 117 cm³/mol. The number of amides is 2. The molecule has 158 valence electrons. The van der Waals surface area contributed by atoms with Crippen LogP contribution in [0, 0.1) is 11.2 Å². The number of aromatic nitrogens is 1. The van der Waals surface area contributed by atoms with Gasteiger partial charge < -0.3 is 10.6 Å². The van der Waals surface area contributed by atoms with Gasteiger partial charge in [0.1, 0.15) is 5.82 Å². The molecular formula is C25H24FN3O2. The number of pyridine rings is 1. The number of hydrogen-bond acceptors (Lipinski definition) is 3. The predicted octanol–water partition coefficient (Wildman–Crippen LogP) is 3.84. The molecule has 2 N–H and O–H groups in total. The zero-order valence-corrected chi connectivity index (χ0v) is 17.1. The maximum atomic E-state index is 13.6. The van der Waals surface area contributed by atoms with Gasteiger partial charge in [-0.05, 0) is 60.2 Å². The lowest BCUT2D eigenvalue weighted by molar-refractivity contribution is -0.130. The van der Waals surface area contributed by atoms with Crippen molar-refractivity contribution in [3.8, 4) is 11.1 Å². The van der Waals surface area contributed by atoms with E-state index >= 15 is 0 Å². The molecule has 0 aliphatic carbocycles. The van der Waals surface area contributed by atoms with Crippen molar-refractivity contribution in [1.82, 2.24) is 9.88 Å². The van der Waals surface area contributed by atoms with Crippen molar-refractivity contribution in [3.63, 3.8) is 0 Å². The topological polar surface area (TPSA) is 76.3 Å². The molecule has 2 aromatic carbocycles. The monoisotopic (exact) mass is 417 g/mol. The van der Waals surface area contributed by atoms with E-state index in [0.29, 0.717) is 25.8 Å². The van der Waals surface area contributed by atoms with E-state index in [4.69, 9.17) is 5.73 Å². The summed E-state index contributed by atoms with van der Waals surface area (Å²) in [4.78, 5) is 31.3. The molecule has 2 heterocycles. The largest absolute Gasteiger partial charge is 0.369 e. The summed E-state index contributed by atoms with van der Waals surface area (Å²) in [6, 6.07) is 17.4. The van der Waals surface area contributed by atoms with E-state index in [9.17, 15) is 14.0 Å². The summed E-state index contributed by atoms with van der Waals surface area (Å²) in [7, 11) is 0. The van der Waals surface area contributed by atoms with Crippen molar-refractivity contribution in [1.29, 1.82) is 0 Å². The molecule has 0 saturated carbocycles. The number of likely N-dealkylation sites (tertiary alicyclic amines) is 1. The van der Waals surface area contributed by atoms with Crippen LogP contribution in [0.15, 0.2) is 73.1 Å². The van der Waals surface area contributed by atoms with E-state index in [2.05, 4.69) is 4.98 Å². The van der Waals surface area contributed by atoms with Crippen LogP contribution in [-0.2, 0) is 11.2 Å². The minimum absolute atomic E-state index is 0.217. The molecule has 1 aliphatic heterocycles. The zero-order chi connectivity index (χ0) is 21.8. The highest BCUT2D eigenvalue weighted by molar-refractivity contribution is 5.95. The number of halogens is 1. The van der Waals surface area contributed by atoms with Crippen molar-refractivity contribution in [2.45, 2.75) is 19.3 Å². The number of piperidine rings is 1. The third-order valence-electron chi connectivity index (χ3n) is 5.92. The fourth-order valence-corrected chi connectivity index (χ4v) is 4.33. The van der Waals surface area contributed by atoms with Crippen molar-refractivity contribution >= 4 is 11.8 Å². The van der Waals surface area contributed by atoms with E-state index in [-0.39, 0.29) is 18.0 Å². The summed E-state index contributed by atoms with van der Waals surface area (Å²) >= 11 is 0. The molecule has 1 saturated heterocycles. The highest BCUT2D eigenvalue weighted by Crippen LogP contribution is 2.35. The third-order valence-corrected chi connectivity index (χ3v) is 5.92. The normalized spacial score (nSPS) is 18.5. The lowest BCUT2D eigenvalue weighted by Gasteiger charge is -2.41. The second kappa shape index (κ2) is 8.68. The average Bonchev–Trinajstić information content (AvgIpc) is 2.79. The summed E-state index contributed by atoms with van der Waals surface area (Å²) in [5.74, 6) is -1.17. The van der Waals surface area contributed by atoms with E-state index < -0.39 is 17.1 Å². The minimum atomic E-state index is -0.866. The first kappa shape index (κ1) is 20.7. The van der Waals surface area contributed by atoms with Crippen molar-refractivity contribution in [3.05, 3.63) is 90.0 Å².